The first-order chi connectivity index (χ1) is 10.6. The third-order valence-electron chi connectivity index (χ3n) is 3.30. The summed E-state index contributed by atoms with van der Waals surface area (Å²) in [6.45, 7) is 9.37. The van der Waals surface area contributed by atoms with Crippen LogP contribution in [0.4, 0.5) is 0 Å². The lowest BCUT2D eigenvalue weighted by Crippen LogP contribution is -2.35. The molecule has 0 heterocycles. The van der Waals surface area contributed by atoms with Crippen LogP contribution in [-0.2, 0) is 20.5 Å². The van der Waals surface area contributed by atoms with Crippen molar-refractivity contribution in [1.29, 1.82) is 0 Å². The summed E-state index contributed by atoms with van der Waals surface area (Å²) in [5.41, 5.74) is 0.965. The van der Waals surface area contributed by atoms with Gasteiger partial charge in [0.25, 0.3) is 0 Å². The average molecular weight is 358 g/mol. The van der Waals surface area contributed by atoms with Crippen molar-refractivity contribution in [2.75, 3.05) is 6.26 Å². The van der Waals surface area contributed by atoms with Crippen molar-refractivity contribution < 1.29 is 13.7 Å². The maximum atomic E-state index is 12.4. The van der Waals surface area contributed by atoms with Crippen LogP contribution >= 0.6 is 11.8 Å². The molecule has 130 valence electrons. The standard InChI is InChI=1S/C17H27NO3S2/c1-13(2)21-15(19)17(22-6)10-7-8-14(9-11-17)12-18-23(20)16(3,4)5/h7,9-10,12-13H,8,11H2,1-6H3. The topological polar surface area (TPSA) is 55.7 Å². The lowest BCUT2D eigenvalue weighted by molar-refractivity contribution is -0.148. The van der Waals surface area contributed by atoms with Crippen molar-refractivity contribution in [3.8, 4) is 0 Å². The molecule has 1 aliphatic rings. The molecular formula is C17H27NO3S2. The summed E-state index contributed by atoms with van der Waals surface area (Å²) in [7, 11) is -1.27. The lowest BCUT2D eigenvalue weighted by atomic mass is 10.0. The van der Waals surface area contributed by atoms with Gasteiger partial charge < -0.3 is 4.74 Å². The molecule has 0 saturated heterocycles. The smallest absolute Gasteiger partial charge is 0.326 e. The molecule has 1 aliphatic carbocycles. The summed E-state index contributed by atoms with van der Waals surface area (Å²) in [5.74, 6) is -0.219. The second kappa shape index (κ2) is 8.29. The fourth-order valence-electron chi connectivity index (χ4n) is 1.90. The predicted molar refractivity (Wildman–Crippen MR) is 100 cm³/mol. The number of nitrogens with zero attached hydrogens (tertiary/aromatic N) is 1. The van der Waals surface area contributed by atoms with Crippen molar-refractivity contribution in [3.63, 3.8) is 0 Å². The van der Waals surface area contributed by atoms with Crippen molar-refractivity contribution in [2.24, 2.45) is 4.40 Å². The Hall–Kier alpha value is -0.880. The number of thioether (sulfide) groups is 1. The van der Waals surface area contributed by atoms with E-state index in [1.807, 2.05) is 59.1 Å². The van der Waals surface area contributed by atoms with Gasteiger partial charge in [0.2, 0.25) is 0 Å². The highest BCUT2D eigenvalue weighted by Gasteiger charge is 2.37. The third kappa shape index (κ3) is 5.92. The highest BCUT2D eigenvalue weighted by atomic mass is 32.2. The molecule has 23 heavy (non-hydrogen) atoms. The molecule has 2 atom stereocenters. The first-order valence-electron chi connectivity index (χ1n) is 7.70. The van der Waals surface area contributed by atoms with Crippen molar-refractivity contribution >= 4 is 34.9 Å². The maximum Gasteiger partial charge on any atom is 0.326 e. The predicted octanol–water partition coefficient (Wildman–Crippen LogP) is 3.85. The van der Waals surface area contributed by atoms with E-state index in [0.717, 1.165) is 5.57 Å². The van der Waals surface area contributed by atoms with E-state index in [4.69, 9.17) is 4.74 Å². The van der Waals surface area contributed by atoms with Crippen molar-refractivity contribution in [3.05, 3.63) is 23.8 Å². The Morgan fingerprint density at radius 2 is 2.13 bits per heavy atom. The second-order valence-electron chi connectivity index (χ2n) is 6.73. The summed E-state index contributed by atoms with van der Waals surface area (Å²) in [6.07, 6.45) is 10.5. The summed E-state index contributed by atoms with van der Waals surface area (Å²) in [5, 5.41) is 0. The average Bonchev–Trinajstić information content (AvgIpc) is 2.66. The molecule has 0 fully saturated rings. The van der Waals surface area contributed by atoms with Crippen LogP contribution in [-0.4, -0.2) is 38.2 Å². The van der Waals surface area contributed by atoms with Gasteiger partial charge in [0.15, 0.2) is 0 Å². The van der Waals surface area contributed by atoms with Gasteiger partial charge in [-0.2, -0.15) is 4.40 Å². The van der Waals surface area contributed by atoms with E-state index in [1.54, 1.807) is 6.21 Å². The summed E-state index contributed by atoms with van der Waals surface area (Å²) < 4.78 is 20.5. The van der Waals surface area contributed by atoms with E-state index < -0.39 is 15.7 Å². The molecule has 0 radical (unpaired) electrons. The SMILES string of the molecule is CSC1(C(=O)OC(C)C)C=CCC(C=NS(=O)C(C)(C)C)=CC1. The fraction of sp³-hybridized carbons (Fsp3) is 0.647. The van der Waals surface area contributed by atoms with Gasteiger partial charge >= 0.3 is 5.97 Å². The van der Waals surface area contributed by atoms with Gasteiger partial charge in [0.1, 0.15) is 15.7 Å². The molecule has 0 aliphatic heterocycles. The molecule has 0 aromatic rings. The van der Waals surface area contributed by atoms with Crippen molar-refractivity contribution in [2.45, 2.75) is 63.1 Å². The Morgan fingerprint density at radius 3 is 2.65 bits per heavy atom. The Kier molecular flexibility index (Phi) is 7.27. The Bertz CT molecular complexity index is 545. The molecule has 4 nitrogen and oxygen atoms in total. The zero-order valence-electron chi connectivity index (χ0n) is 14.8. The first kappa shape index (κ1) is 20.2. The zero-order chi connectivity index (χ0) is 17.7. The van der Waals surface area contributed by atoms with E-state index in [1.165, 1.54) is 11.8 Å². The van der Waals surface area contributed by atoms with Gasteiger partial charge in [0, 0.05) is 6.21 Å². The quantitative estimate of drug-likeness (QED) is 0.426. The molecule has 0 bridgehead atoms. The van der Waals surface area contributed by atoms with Crippen LogP contribution in [0.3, 0.4) is 0 Å². The highest BCUT2D eigenvalue weighted by molar-refractivity contribution is 8.00. The number of carbonyl (C=O) groups is 1. The number of hydrogen-bond acceptors (Lipinski definition) is 4. The van der Waals surface area contributed by atoms with Gasteiger partial charge in [-0.3, -0.25) is 4.79 Å². The van der Waals surface area contributed by atoms with Gasteiger partial charge in [-0.15, -0.1) is 11.8 Å². The van der Waals surface area contributed by atoms with Crippen LogP contribution in [0.5, 0.6) is 0 Å². The highest BCUT2D eigenvalue weighted by Crippen LogP contribution is 2.34. The first-order valence-corrected chi connectivity index (χ1v) is 10.0. The van der Waals surface area contributed by atoms with E-state index in [9.17, 15) is 9.00 Å². The summed E-state index contributed by atoms with van der Waals surface area (Å²) >= 11 is 1.48. The molecule has 6 heteroatoms. The van der Waals surface area contributed by atoms with E-state index in [-0.39, 0.29) is 16.8 Å². The largest absolute Gasteiger partial charge is 0.462 e. The van der Waals surface area contributed by atoms with Crippen LogP contribution in [0.1, 0.15) is 47.5 Å². The minimum Gasteiger partial charge on any atom is -0.462 e. The second-order valence-corrected chi connectivity index (χ2v) is 9.80. The molecule has 1 rings (SSSR count). The number of ether oxygens (including phenoxy) is 1. The van der Waals surface area contributed by atoms with Crippen LogP contribution in [0, 0.1) is 0 Å². The van der Waals surface area contributed by atoms with E-state index in [2.05, 4.69) is 4.40 Å². The maximum absolute atomic E-state index is 12.4. The van der Waals surface area contributed by atoms with Crippen LogP contribution < -0.4 is 0 Å². The third-order valence-corrected chi connectivity index (χ3v) is 5.84. The molecule has 0 aromatic heterocycles. The Labute approximate surface area is 146 Å². The van der Waals surface area contributed by atoms with Crippen LogP contribution in [0.15, 0.2) is 28.2 Å². The van der Waals surface area contributed by atoms with E-state index >= 15 is 0 Å². The monoisotopic (exact) mass is 357 g/mol. The summed E-state index contributed by atoms with van der Waals surface area (Å²) in [4.78, 5) is 12.4. The molecule has 0 spiro atoms. The van der Waals surface area contributed by atoms with Gasteiger partial charge in [-0.25, -0.2) is 4.21 Å². The minimum atomic E-state index is -1.27. The zero-order valence-corrected chi connectivity index (χ0v) is 16.4. The molecule has 2 unspecified atom stereocenters. The number of carbonyl (C=O) groups excluding carboxylic acids is 1. The summed E-state index contributed by atoms with van der Waals surface area (Å²) in [6, 6.07) is 0. The fourth-order valence-corrected chi connectivity index (χ4v) is 3.14. The number of hydrogen-bond donors (Lipinski definition) is 0. The van der Waals surface area contributed by atoms with Gasteiger partial charge in [-0.05, 0) is 59.3 Å². The lowest BCUT2D eigenvalue weighted by Gasteiger charge is -2.25. The minimum absolute atomic E-state index is 0.137. The number of rotatable bonds is 5. The van der Waals surface area contributed by atoms with Crippen LogP contribution in [0.25, 0.3) is 0 Å². The molecule has 0 saturated carbocycles. The normalized spacial score (nSPS) is 23.7. The molecule has 0 amide bonds. The molecule has 0 N–H and O–H groups in total. The molecule has 0 aromatic carbocycles. The van der Waals surface area contributed by atoms with Crippen LogP contribution in [0.2, 0.25) is 0 Å². The number of allylic oxidation sites excluding steroid dienone is 3. The number of esters is 1. The van der Waals surface area contributed by atoms with Gasteiger partial charge in [0.05, 0.1) is 10.9 Å². The van der Waals surface area contributed by atoms with E-state index in [0.29, 0.717) is 12.8 Å². The van der Waals surface area contributed by atoms with Gasteiger partial charge in [-0.1, -0.05) is 18.2 Å². The Balaban J connectivity index is 2.91. The molecular weight excluding hydrogens is 330 g/mol. The Morgan fingerprint density at radius 1 is 1.48 bits per heavy atom. The van der Waals surface area contributed by atoms with Crippen molar-refractivity contribution in [1.82, 2.24) is 0 Å².